The third kappa shape index (κ3) is 3.18. The Hall–Kier alpha value is -1.62. The Labute approximate surface area is 130 Å². The normalized spacial score (nSPS) is 26.4. The molecule has 21 heavy (non-hydrogen) atoms. The molecular formula is C16H21N3OS. The molecule has 2 aliphatic carbocycles. The Morgan fingerprint density at radius 2 is 1.95 bits per heavy atom. The number of carbonyl (C=O) groups excluding carboxylic acids is 1. The van der Waals surface area contributed by atoms with Crippen LogP contribution in [0.3, 0.4) is 0 Å². The summed E-state index contributed by atoms with van der Waals surface area (Å²) < 4.78 is 0. The van der Waals surface area contributed by atoms with Crippen molar-refractivity contribution in [1.82, 2.24) is 10.6 Å². The fourth-order valence-corrected chi connectivity index (χ4v) is 3.88. The van der Waals surface area contributed by atoms with Crippen LogP contribution in [-0.4, -0.2) is 24.1 Å². The lowest BCUT2D eigenvalue weighted by atomic mass is 9.96. The summed E-state index contributed by atoms with van der Waals surface area (Å²) >= 11 is 5.39. The molecule has 0 heterocycles. The van der Waals surface area contributed by atoms with Gasteiger partial charge in [0.2, 0.25) is 0 Å². The Balaban J connectivity index is 1.54. The number of amides is 1. The number of carbonyl (C=O) groups is 1. The maximum atomic E-state index is 11.5. The number of fused-ring (bicyclic) bond motifs is 2. The SMILES string of the molecule is CNC(=O)c1ccc(NC(=S)N[C@H]2C[C@H]3CC[C@H]2C3)cc1. The van der Waals surface area contributed by atoms with Crippen molar-refractivity contribution in [2.75, 3.05) is 12.4 Å². The first kappa shape index (κ1) is 14.3. The summed E-state index contributed by atoms with van der Waals surface area (Å²) in [4.78, 5) is 11.5. The fourth-order valence-electron chi connectivity index (χ4n) is 3.61. The van der Waals surface area contributed by atoms with E-state index in [-0.39, 0.29) is 5.91 Å². The van der Waals surface area contributed by atoms with Crippen molar-refractivity contribution < 1.29 is 4.79 Å². The zero-order valence-electron chi connectivity index (χ0n) is 12.2. The fraction of sp³-hybridized carbons (Fsp3) is 0.500. The van der Waals surface area contributed by atoms with Gasteiger partial charge in [0.05, 0.1) is 0 Å². The Bertz CT molecular complexity index is 543. The van der Waals surface area contributed by atoms with E-state index in [0.29, 0.717) is 16.7 Å². The van der Waals surface area contributed by atoms with Crippen LogP contribution in [0.2, 0.25) is 0 Å². The van der Waals surface area contributed by atoms with Crippen LogP contribution in [0.15, 0.2) is 24.3 Å². The highest BCUT2D eigenvalue weighted by Gasteiger charge is 2.39. The average molecular weight is 303 g/mol. The second kappa shape index (κ2) is 6.02. The van der Waals surface area contributed by atoms with Crippen LogP contribution in [0.4, 0.5) is 5.69 Å². The molecular weight excluding hydrogens is 282 g/mol. The molecule has 2 fully saturated rings. The maximum absolute atomic E-state index is 11.5. The van der Waals surface area contributed by atoms with E-state index >= 15 is 0 Å². The summed E-state index contributed by atoms with van der Waals surface area (Å²) in [6.07, 6.45) is 5.35. The second-order valence-electron chi connectivity index (χ2n) is 6.04. The molecule has 0 saturated heterocycles. The van der Waals surface area contributed by atoms with Crippen LogP contribution in [0.5, 0.6) is 0 Å². The zero-order chi connectivity index (χ0) is 14.8. The van der Waals surface area contributed by atoms with E-state index in [1.165, 1.54) is 25.7 Å². The summed E-state index contributed by atoms with van der Waals surface area (Å²) in [6, 6.07) is 7.87. The van der Waals surface area contributed by atoms with Gasteiger partial charge in [-0.1, -0.05) is 6.42 Å². The van der Waals surface area contributed by atoms with Gasteiger partial charge in [0, 0.05) is 24.3 Å². The smallest absolute Gasteiger partial charge is 0.251 e. The third-order valence-electron chi connectivity index (χ3n) is 4.69. The predicted octanol–water partition coefficient (Wildman–Crippen LogP) is 2.52. The van der Waals surface area contributed by atoms with Crippen molar-refractivity contribution in [3.8, 4) is 0 Å². The van der Waals surface area contributed by atoms with Crippen LogP contribution in [0.1, 0.15) is 36.0 Å². The lowest BCUT2D eigenvalue weighted by Gasteiger charge is -2.24. The molecule has 3 rings (SSSR count). The molecule has 5 heteroatoms. The van der Waals surface area contributed by atoms with E-state index in [0.717, 1.165) is 17.5 Å². The van der Waals surface area contributed by atoms with E-state index in [1.54, 1.807) is 19.2 Å². The minimum atomic E-state index is -0.0794. The molecule has 112 valence electrons. The molecule has 1 aromatic carbocycles. The molecule has 3 N–H and O–H groups in total. The lowest BCUT2D eigenvalue weighted by Crippen LogP contribution is -2.40. The highest BCUT2D eigenvalue weighted by Crippen LogP contribution is 2.44. The molecule has 2 bridgehead atoms. The van der Waals surface area contributed by atoms with Crippen LogP contribution >= 0.6 is 12.2 Å². The summed E-state index contributed by atoms with van der Waals surface area (Å²) in [6.45, 7) is 0. The van der Waals surface area contributed by atoms with E-state index in [4.69, 9.17) is 12.2 Å². The standard InChI is InChI=1S/C16H21N3OS/c1-17-15(20)11-4-6-13(7-5-11)18-16(21)19-14-9-10-2-3-12(14)8-10/h4-7,10,12,14H,2-3,8-9H2,1H3,(H,17,20)(H2,18,19,21)/t10-,12-,14-/m0/s1. The van der Waals surface area contributed by atoms with E-state index in [9.17, 15) is 4.79 Å². The molecule has 4 nitrogen and oxygen atoms in total. The summed E-state index contributed by atoms with van der Waals surface area (Å²) in [5.41, 5.74) is 1.55. The van der Waals surface area contributed by atoms with Gasteiger partial charge in [-0.25, -0.2) is 0 Å². The van der Waals surface area contributed by atoms with Gasteiger partial charge in [-0.2, -0.15) is 0 Å². The van der Waals surface area contributed by atoms with Crippen molar-refractivity contribution >= 4 is 28.9 Å². The van der Waals surface area contributed by atoms with Crippen molar-refractivity contribution in [1.29, 1.82) is 0 Å². The molecule has 0 unspecified atom stereocenters. The van der Waals surface area contributed by atoms with Crippen molar-refractivity contribution in [3.63, 3.8) is 0 Å². The van der Waals surface area contributed by atoms with Crippen LogP contribution in [-0.2, 0) is 0 Å². The second-order valence-corrected chi connectivity index (χ2v) is 6.44. The van der Waals surface area contributed by atoms with E-state index in [2.05, 4.69) is 16.0 Å². The van der Waals surface area contributed by atoms with Gasteiger partial charge in [0.25, 0.3) is 5.91 Å². The number of benzene rings is 1. The highest BCUT2D eigenvalue weighted by atomic mass is 32.1. The van der Waals surface area contributed by atoms with Crippen molar-refractivity contribution in [3.05, 3.63) is 29.8 Å². The minimum absolute atomic E-state index is 0.0794. The number of hydrogen-bond acceptors (Lipinski definition) is 2. The average Bonchev–Trinajstić information content (AvgIpc) is 3.09. The lowest BCUT2D eigenvalue weighted by molar-refractivity contribution is 0.0963. The van der Waals surface area contributed by atoms with Crippen LogP contribution < -0.4 is 16.0 Å². The number of anilines is 1. The van der Waals surface area contributed by atoms with Gasteiger partial charge in [-0.05, 0) is 67.6 Å². The Kier molecular flexibility index (Phi) is 4.10. The van der Waals surface area contributed by atoms with E-state index in [1.807, 2.05) is 12.1 Å². The monoisotopic (exact) mass is 303 g/mol. The molecule has 0 radical (unpaired) electrons. The quantitative estimate of drug-likeness (QED) is 0.751. The van der Waals surface area contributed by atoms with Crippen molar-refractivity contribution in [2.45, 2.75) is 31.7 Å². The van der Waals surface area contributed by atoms with Gasteiger partial charge in [0.15, 0.2) is 5.11 Å². The zero-order valence-corrected chi connectivity index (χ0v) is 13.0. The first-order chi connectivity index (χ1) is 10.2. The van der Waals surface area contributed by atoms with Gasteiger partial charge in [-0.15, -0.1) is 0 Å². The highest BCUT2D eigenvalue weighted by molar-refractivity contribution is 7.80. The Morgan fingerprint density at radius 1 is 1.19 bits per heavy atom. The summed E-state index contributed by atoms with van der Waals surface area (Å²) in [5, 5.41) is 9.94. The third-order valence-corrected chi connectivity index (χ3v) is 4.91. The molecule has 2 aliphatic rings. The Morgan fingerprint density at radius 3 is 2.52 bits per heavy atom. The topological polar surface area (TPSA) is 53.2 Å². The molecule has 0 aromatic heterocycles. The number of hydrogen-bond donors (Lipinski definition) is 3. The van der Waals surface area contributed by atoms with E-state index < -0.39 is 0 Å². The number of nitrogens with one attached hydrogen (secondary N) is 3. The molecule has 0 aliphatic heterocycles. The first-order valence-electron chi connectivity index (χ1n) is 7.55. The van der Waals surface area contributed by atoms with Gasteiger partial charge < -0.3 is 16.0 Å². The molecule has 1 aromatic rings. The minimum Gasteiger partial charge on any atom is -0.359 e. The van der Waals surface area contributed by atoms with Crippen LogP contribution in [0.25, 0.3) is 0 Å². The van der Waals surface area contributed by atoms with Crippen molar-refractivity contribution in [2.24, 2.45) is 11.8 Å². The van der Waals surface area contributed by atoms with Gasteiger partial charge in [0.1, 0.15) is 0 Å². The van der Waals surface area contributed by atoms with Gasteiger partial charge >= 0.3 is 0 Å². The molecule has 1 amide bonds. The first-order valence-corrected chi connectivity index (χ1v) is 7.96. The summed E-state index contributed by atoms with van der Waals surface area (Å²) in [7, 11) is 1.63. The van der Waals surface area contributed by atoms with Gasteiger partial charge in [-0.3, -0.25) is 4.79 Å². The maximum Gasteiger partial charge on any atom is 0.251 e. The molecule has 3 atom stereocenters. The molecule has 2 saturated carbocycles. The summed E-state index contributed by atoms with van der Waals surface area (Å²) in [5.74, 6) is 1.62. The predicted molar refractivity (Wildman–Crippen MR) is 88.4 cm³/mol. The number of rotatable bonds is 3. The number of thiocarbonyl (C=S) groups is 1. The largest absolute Gasteiger partial charge is 0.359 e. The van der Waals surface area contributed by atoms with Crippen LogP contribution in [0, 0.1) is 11.8 Å². The molecule has 0 spiro atoms.